The summed E-state index contributed by atoms with van der Waals surface area (Å²) in [5, 5.41) is 3.71. The number of aryl methyl sites for hydroxylation is 1. The van der Waals surface area contributed by atoms with Crippen LogP contribution in [0.15, 0.2) is 12.4 Å². The molecule has 0 aliphatic carbocycles. The number of hydrogen-bond donors (Lipinski definition) is 1. The minimum absolute atomic E-state index is 0.0877. The number of rotatable bonds is 5. The quantitative estimate of drug-likeness (QED) is 0.888. The van der Waals surface area contributed by atoms with Crippen molar-refractivity contribution < 1.29 is 9.47 Å². The Balaban J connectivity index is 1.68. The zero-order chi connectivity index (χ0) is 16.4. The molecule has 3 rings (SSSR count). The van der Waals surface area contributed by atoms with Crippen molar-refractivity contribution in [2.24, 2.45) is 0 Å². The number of anilines is 1. The molecule has 0 bridgehead atoms. The van der Waals surface area contributed by atoms with Crippen molar-refractivity contribution in [2.75, 3.05) is 31.7 Å². The van der Waals surface area contributed by atoms with Crippen LogP contribution in [0.1, 0.15) is 32.4 Å². The van der Waals surface area contributed by atoms with Crippen molar-refractivity contribution in [2.45, 2.75) is 57.4 Å². The summed E-state index contributed by atoms with van der Waals surface area (Å²) in [6, 6.07) is 2.83. The van der Waals surface area contributed by atoms with Gasteiger partial charge in [0.1, 0.15) is 12.1 Å². The molecule has 1 unspecified atom stereocenters. The number of ether oxygens (including phenoxy) is 2. The summed E-state index contributed by atoms with van der Waals surface area (Å²) in [7, 11) is 1.79. The maximum Gasteiger partial charge on any atom is 0.132 e. The molecule has 2 aliphatic rings. The van der Waals surface area contributed by atoms with Gasteiger partial charge in [0.25, 0.3) is 0 Å². The third kappa shape index (κ3) is 3.65. The molecular formula is C17H28N4O2. The maximum absolute atomic E-state index is 5.82. The van der Waals surface area contributed by atoms with Crippen LogP contribution in [0.25, 0.3) is 0 Å². The van der Waals surface area contributed by atoms with Gasteiger partial charge in [-0.25, -0.2) is 9.97 Å². The third-order valence-corrected chi connectivity index (χ3v) is 5.11. The smallest absolute Gasteiger partial charge is 0.132 e. The van der Waals surface area contributed by atoms with Crippen LogP contribution in [0, 0.1) is 6.92 Å². The van der Waals surface area contributed by atoms with E-state index in [0.29, 0.717) is 12.1 Å². The van der Waals surface area contributed by atoms with Gasteiger partial charge in [0, 0.05) is 50.7 Å². The molecule has 2 saturated heterocycles. The highest BCUT2D eigenvalue weighted by Crippen LogP contribution is 2.28. The first kappa shape index (κ1) is 16.6. The summed E-state index contributed by atoms with van der Waals surface area (Å²) in [4.78, 5) is 11.0. The van der Waals surface area contributed by atoms with E-state index >= 15 is 0 Å². The second-order valence-corrected chi connectivity index (χ2v) is 7.12. The van der Waals surface area contributed by atoms with Crippen molar-refractivity contribution >= 4 is 5.82 Å². The Hall–Kier alpha value is -1.24. The molecule has 1 aromatic rings. The van der Waals surface area contributed by atoms with Crippen LogP contribution in [0.4, 0.5) is 5.82 Å². The molecular weight excluding hydrogens is 292 g/mol. The SMILES string of the molecule is CO[C@H]1C[C@@H](CNC2CCOC2(C)C)N(c2cc(C)ncn2)C1. The van der Waals surface area contributed by atoms with Crippen LogP contribution < -0.4 is 10.2 Å². The molecule has 3 heterocycles. The van der Waals surface area contributed by atoms with Crippen molar-refractivity contribution in [1.82, 2.24) is 15.3 Å². The van der Waals surface area contributed by atoms with Gasteiger partial charge in [-0.05, 0) is 33.6 Å². The first-order valence-corrected chi connectivity index (χ1v) is 8.45. The van der Waals surface area contributed by atoms with Crippen LogP contribution in [-0.4, -0.2) is 60.6 Å². The maximum atomic E-state index is 5.82. The van der Waals surface area contributed by atoms with E-state index in [-0.39, 0.29) is 11.7 Å². The number of hydrogen-bond acceptors (Lipinski definition) is 6. The Labute approximate surface area is 138 Å². The van der Waals surface area contributed by atoms with E-state index in [0.717, 1.165) is 44.0 Å². The molecule has 2 aliphatic heterocycles. The summed E-state index contributed by atoms with van der Waals surface area (Å²) in [6.07, 6.45) is 3.98. The molecule has 0 aromatic carbocycles. The van der Waals surface area contributed by atoms with Crippen LogP contribution in [0.2, 0.25) is 0 Å². The molecule has 0 spiro atoms. The van der Waals surface area contributed by atoms with Gasteiger partial charge in [-0.3, -0.25) is 0 Å². The molecule has 0 saturated carbocycles. The zero-order valence-corrected chi connectivity index (χ0v) is 14.6. The van der Waals surface area contributed by atoms with E-state index in [2.05, 4.69) is 34.0 Å². The predicted molar refractivity (Wildman–Crippen MR) is 89.8 cm³/mol. The van der Waals surface area contributed by atoms with Gasteiger partial charge in [0.2, 0.25) is 0 Å². The van der Waals surface area contributed by atoms with Crippen molar-refractivity contribution in [1.29, 1.82) is 0 Å². The Bertz CT molecular complexity index is 537. The number of nitrogens with zero attached hydrogens (tertiary/aromatic N) is 3. The fourth-order valence-electron chi connectivity index (χ4n) is 3.63. The van der Waals surface area contributed by atoms with Gasteiger partial charge in [-0.2, -0.15) is 0 Å². The van der Waals surface area contributed by atoms with Gasteiger partial charge >= 0.3 is 0 Å². The second kappa shape index (κ2) is 6.71. The highest BCUT2D eigenvalue weighted by atomic mass is 16.5. The van der Waals surface area contributed by atoms with Gasteiger partial charge in [-0.15, -0.1) is 0 Å². The summed E-state index contributed by atoms with van der Waals surface area (Å²) in [6.45, 7) is 8.96. The molecule has 0 radical (unpaired) electrons. The van der Waals surface area contributed by atoms with Crippen LogP contribution >= 0.6 is 0 Å². The fraction of sp³-hybridized carbons (Fsp3) is 0.765. The zero-order valence-electron chi connectivity index (χ0n) is 14.6. The molecule has 2 fully saturated rings. The highest BCUT2D eigenvalue weighted by Gasteiger charge is 2.38. The Morgan fingerprint density at radius 2 is 2.26 bits per heavy atom. The standard InChI is InChI=1S/C17H28N4O2/c1-12-7-16(20-11-19-12)21-10-14(22-4)8-13(21)9-18-15-5-6-23-17(15,2)3/h7,11,13-15,18H,5-6,8-10H2,1-4H3/t13-,14-,15?/m0/s1. The Morgan fingerprint density at radius 3 is 2.91 bits per heavy atom. The molecule has 6 heteroatoms. The van der Waals surface area contributed by atoms with Crippen molar-refractivity contribution in [3.8, 4) is 0 Å². The van der Waals surface area contributed by atoms with E-state index in [1.54, 1.807) is 13.4 Å². The third-order valence-electron chi connectivity index (χ3n) is 5.11. The van der Waals surface area contributed by atoms with E-state index < -0.39 is 0 Å². The van der Waals surface area contributed by atoms with E-state index in [9.17, 15) is 0 Å². The van der Waals surface area contributed by atoms with Gasteiger partial charge in [-0.1, -0.05) is 0 Å². The van der Waals surface area contributed by atoms with Crippen molar-refractivity contribution in [3.63, 3.8) is 0 Å². The van der Waals surface area contributed by atoms with Gasteiger partial charge in [0.15, 0.2) is 0 Å². The molecule has 128 valence electrons. The Kier molecular flexibility index (Phi) is 4.85. The number of aromatic nitrogens is 2. The molecule has 1 N–H and O–H groups in total. The van der Waals surface area contributed by atoms with Crippen LogP contribution in [-0.2, 0) is 9.47 Å². The van der Waals surface area contributed by atoms with E-state index in [1.807, 2.05) is 13.0 Å². The van der Waals surface area contributed by atoms with Crippen LogP contribution in [0.3, 0.4) is 0 Å². The predicted octanol–water partition coefficient (Wildman–Crippen LogP) is 1.54. The average Bonchev–Trinajstić information content (AvgIpc) is 3.07. The lowest BCUT2D eigenvalue weighted by Crippen LogP contribution is -2.48. The highest BCUT2D eigenvalue weighted by molar-refractivity contribution is 5.42. The van der Waals surface area contributed by atoms with Gasteiger partial charge < -0.3 is 19.7 Å². The molecule has 23 heavy (non-hydrogen) atoms. The Morgan fingerprint density at radius 1 is 1.43 bits per heavy atom. The van der Waals surface area contributed by atoms with Crippen molar-refractivity contribution in [3.05, 3.63) is 18.1 Å². The monoisotopic (exact) mass is 320 g/mol. The fourth-order valence-corrected chi connectivity index (χ4v) is 3.63. The first-order chi connectivity index (χ1) is 11.0. The second-order valence-electron chi connectivity index (χ2n) is 7.12. The largest absolute Gasteiger partial charge is 0.380 e. The number of nitrogens with one attached hydrogen (secondary N) is 1. The topological polar surface area (TPSA) is 59.5 Å². The average molecular weight is 320 g/mol. The van der Waals surface area contributed by atoms with Crippen LogP contribution in [0.5, 0.6) is 0 Å². The molecule has 6 nitrogen and oxygen atoms in total. The number of methoxy groups -OCH3 is 1. The molecule has 3 atom stereocenters. The first-order valence-electron chi connectivity index (χ1n) is 8.45. The van der Waals surface area contributed by atoms with E-state index in [1.165, 1.54) is 0 Å². The normalized spacial score (nSPS) is 30.1. The molecule has 0 amide bonds. The molecule has 1 aromatic heterocycles. The van der Waals surface area contributed by atoms with Gasteiger partial charge in [0.05, 0.1) is 11.7 Å². The van der Waals surface area contributed by atoms with E-state index in [4.69, 9.17) is 9.47 Å². The lowest BCUT2D eigenvalue weighted by atomic mass is 9.98. The lowest BCUT2D eigenvalue weighted by Gasteiger charge is -2.31. The minimum Gasteiger partial charge on any atom is -0.380 e. The summed E-state index contributed by atoms with van der Waals surface area (Å²) in [5.41, 5.74) is 0.906. The summed E-state index contributed by atoms with van der Waals surface area (Å²) < 4.78 is 11.4. The lowest BCUT2D eigenvalue weighted by molar-refractivity contribution is 0.0214. The minimum atomic E-state index is -0.0877. The summed E-state index contributed by atoms with van der Waals surface area (Å²) in [5.74, 6) is 0.991. The summed E-state index contributed by atoms with van der Waals surface area (Å²) >= 11 is 0.